The van der Waals surface area contributed by atoms with Gasteiger partial charge in [-0.1, -0.05) is 0 Å². The minimum Gasteiger partial charge on any atom is -0.497 e. The summed E-state index contributed by atoms with van der Waals surface area (Å²) in [6.45, 7) is 0.265. The van der Waals surface area contributed by atoms with Crippen molar-refractivity contribution >= 4 is 17.0 Å². The molecule has 8 nitrogen and oxygen atoms in total. The van der Waals surface area contributed by atoms with Crippen LogP contribution in [0, 0.1) is 0 Å². The SMILES string of the molecule is COc1cc(OC)cc(C(O)CNc2ncnc3nc[nH]c23)c1. The molecular formula is C15H17N5O3. The summed E-state index contributed by atoms with van der Waals surface area (Å²) >= 11 is 0. The molecule has 1 atom stereocenters. The number of methoxy groups -OCH3 is 2. The van der Waals surface area contributed by atoms with Crippen molar-refractivity contribution in [3.63, 3.8) is 0 Å². The van der Waals surface area contributed by atoms with Gasteiger partial charge in [0.05, 0.1) is 26.7 Å². The molecule has 0 aliphatic rings. The fraction of sp³-hybridized carbons (Fsp3) is 0.267. The smallest absolute Gasteiger partial charge is 0.182 e. The van der Waals surface area contributed by atoms with E-state index in [0.717, 1.165) is 0 Å². The maximum atomic E-state index is 10.4. The normalized spacial score (nSPS) is 12.1. The van der Waals surface area contributed by atoms with Crippen molar-refractivity contribution in [1.29, 1.82) is 0 Å². The quantitative estimate of drug-likeness (QED) is 0.633. The van der Waals surface area contributed by atoms with Crippen molar-refractivity contribution in [2.75, 3.05) is 26.1 Å². The third kappa shape index (κ3) is 3.16. The first kappa shape index (κ1) is 15.0. The van der Waals surface area contributed by atoms with E-state index in [-0.39, 0.29) is 6.54 Å². The van der Waals surface area contributed by atoms with Gasteiger partial charge in [-0.05, 0) is 17.7 Å². The van der Waals surface area contributed by atoms with Crippen LogP contribution in [0.3, 0.4) is 0 Å². The highest BCUT2D eigenvalue weighted by atomic mass is 16.5. The minimum atomic E-state index is -0.757. The van der Waals surface area contributed by atoms with Crippen LogP contribution in [0.2, 0.25) is 0 Å². The minimum absolute atomic E-state index is 0.265. The molecule has 0 fully saturated rings. The molecule has 3 aromatic rings. The van der Waals surface area contributed by atoms with Crippen LogP contribution in [-0.2, 0) is 0 Å². The van der Waals surface area contributed by atoms with E-state index < -0.39 is 6.10 Å². The number of aliphatic hydroxyl groups is 1. The first-order valence-corrected chi connectivity index (χ1v) is 7.00. The van der Waals surface area contributed by atoms with E-state index in [2.05, 4.69) is 25.3 Å². The highest BCUT2D eigenvalue weighted by Crippen LogP contribution is 2.27. The second kappa shape index (κ2) is 6.49. The van der Waals surface area contributed by atoms with E-state index in [1.807, 2.05) is 0 Å². The Kier molecular flexibility index (Phi) is 4.24. The predicted molar refractivity (Wildman–Crippen MR) is 84.7 cm³/mol. The van der Waals surface area contributed by atoms with Gasteiger partial charge in [0.25, 0.3) is 0 Å². The number of hydrogen-bond donors (Lipinski definition) is 3. The Morgan fingerprint density at radius 3 is 2.57 bits per heavy atom. The standard InChI is InChI=1S/C15H17N5O3/c1-22-10-3-9(4-11(5-10)23-2)12(21)6-16-14-13-15(18-7-17-13)20-8-19-14/h3-5,7-8,12,21H,6H2,1-2H3,(H2,16,17,18,19,20). The summed E-state index contributed by atoms with van der Waals surface area (Å²) in [7, 11) is 3.14. The maximum Gasteiger partial charge on any atom is 0.182 e. The lowest BCUT2D eigenvalue weighted by Gasteiger charge is -2.15. The fourth-order valence-corrected chi connectivity index (χ4v) is 2.23. The molecule has 2 heterocycles. The van der Waals surface area contributed by atoms with Crippen molar-refractivity contribution < 1.29 is 14.6 Å². The summed E-state index contributed by atoms with van der Waals surface area (Å²) in [4.78, 5) is 15.2. The number of ether oxygens (including phenoxy) is 2. The lowest BCUT2D eigenvalue weighted by atomic mass is 10.1. The lowest BCUT2D eigenvalue weighted by Crippen LogP contribution is -2.13. The molecule has 1 aromatic carbocycles. The van der Waals surface area contributed by atoms with Gasteiger partial charge in [0.1, 0.15) is 23.3 Å². The molecule has 1 unspecified atom stereocenters. The zero-order chi connectivity index (χ0) is 16.2. The molecule has 0 saturated carbocycles. The highest BCUT2D eigenvalue weighted by molar-refractivity contribution is 5.81. The predicted octanol–water partition coefficient (Wildman–Crippen LogP) is 1.52. The van der Waals surface area contributed by atoms with Crippen LogP contribution in [0.1, 0.15) is 11.7 Å². The number of rotatable bonds is 6. The summed E-state index contributed by atoms with van der Waals surface area (Å²) in [5, 5.41) is 13.5. The molecular weight excluding hydrogens is 298 g/mol. The first-order chi connectivity index (χ1) is 11.2. The molecule has 0 saturated heterocycles. The highest BCUT2D eigenvalue weighted by Gasteiger charge is 2.13. The summed E-state index contributed by atoms with van der Waals surface area (Å²) in [5.74, 6) is 1.83. The van der Waals surface area contributed by atoms with Crippen LogP contribution in [0.15, 0.2) is 30.9 Å². The number of nitrogens with one attached hydrogen (secondary N) is 2. The number of hydrogen-bond acceptors (Lipinski definition) is 7. The zero-order valence-electron chi connectivity index (χ0n) is 12.8. The summed E-state index contributed by atoms with van der Waals surface area (Å²) in [5.41, 5.74) is 1.95. The van der Waals surface area contributed by atoms with E-state index in [1.165, 1.54) is 6.33 Å². The van der Waals surface area contributed by atoms with Crippen LogP contribution >= 0.6 is 0 Å². The molecule has 23 heavy (non-hydrogen) atoms. The monoisotopic (exact) mass is 315 g/mol. The average molecular weight is 315 g/mol. The Balaban J connectivity index is 1.77. The number of fused-ring (bicyclic) bond motifs is 1. The van der Waals surface area contributed by atoms with E-state index >= 15 is 0 Å². The third-order valence-corrected chi connectivity index (χ3v) is 3.44. The molecule has 8 heteroatoms. The van der Waals surface area contributed by atoms with Gasteiger partial charge in [-0.3, -0.25) is 0 Å². The van der Waals surface area contributed by atoms with E-state index in [0.29, 0.717) is 34.0 Å². The van der Waals surface area contributed by atoms with Crippen LogP contribution in [0.25, 0.3) is 11.2 Å². The number of nitrogens with zero attached hydrogens (tertiary/aromatic N) is 3. The second-order valence-electron chi connectivity index (χ2n) is 4.87. The van der Waals surface area contributed by atoms with Crippen molar-refractivity contribution in [2.45, 2.75) is 6.10 Å². The summed E-state index contributed by atoms with van der Waals surface area (Å²) < 4.78 is 10.4. The number of benzene rings is 1. The van der Waals surface area contributed by atoms with Gasteiger partial charge >= 0.3 is 0 Å². The molecule has 0 amide bonds. The Bertz CT molecular complexity index is 782. The van der Waals surface area contributed by atoms with Gasteiger partial charge in [0.15, 0.2) is 11.5 Å². The molecule has 120 valence electrons. The number of H-pyrrole nitrogens is 1. The van der Waals surface area contributed by atoms with E-state index in [4.69, 9.17) is 9.47 Å². The number of aliphatic hydroxyl groups excluding tert-OH is 1. The molecule has 2 aromatic heterocycles. The third-order valence-electron chi connectivity index (χ3n) is 3.44. The number of aromatic nitrogens is 4. The van der Waals surface area contributed by atoms with Crippen LogP contribution < -0.4 is 14.8 Å². The second-order valence-corrected chi connectivity index (χ2v) is 4.87. The van der Waals surface area contributed by atoms with Crippen molar-refractivity contribution in [3.8, 4) is 11.5 Å². The van der Waals surface area contributed by atoms with Crippen LogP contribution in [0.4, 0.5) is 5.82 Å². The van der Waals surface area contributed by atoms with Crippen LogP contribution in [-0.4, -0.2) is 45.8 Å². The van der Waals surface area contributed by atoms with Gasteiger partial charge in [-0.25, -0.2) is 15.0 Å². The Morgan fingerprint density at radius 2 is 1.87 bits per heavy atom. The molecule has 0 radical (unpaired) electrons. The summed E-state index contributed by atoms with van der Waals surface area (Å²) in [6, 6.07) is 5.28. The molecule has 0 aliphatic carbocycles. The van der Waals surface area contributed by atoms with Gasteiger partial charge in [-0.2, -0.15) is 0 Å². The van der Waals surface area contributed by atoms with Crippen LogP contribution in [0.5, 0.6) is 11.5 Å². The van der Waals surface area contributed by atoms with E-state index in [1.54, 1.807) is 38.7 Å². The van der Waals surface area contributed by atoms with Crippen molar-refractivity contribution in [3.05, 3.63) is 36.4 Å². The lowest BCUT2D eigenvalue weighted by molar-refractivity contribution is 0.190. The summed E-state index contributed by atoms with van der Waals surface area (Å²) in [6.07, 6.45) is 2.22. The molecule has 0 aliphatic heterocycles. The Morgan fingerprint density at radius 1 is 1.13 bits per heavy atom. The number of aromatic amines is 1. The maximum absolute atomic E-state index is 10.4. The molecule has 0 bridgehead atoms. The number of imidazole rings is 1. The van der Waals surface area contributed by atoms with Gasteiger partial charge in [-0.15, -0.1) is 0 Å². The molecule has 3 rings (SSSR count). The van der Waals surface area contributed by atoms with Crippen molar-refractivity contribution in [1.82, 2.24) is 19.9 Å². The fourth-order valence-electron chi connectivity index (χ4n) is 2.23. The zero-order valence-corrected chi connectivity index (χ0v) is 12.8. The molecule has 3 N–H and O–H groups in total. The first-order valence-electron chi connectivity index (χ1n) is 7.00. The van der Waals surface area contributed by atoms with Gasteiger partial charge in [0.2, 0.25) is 0 Å². The number of anilines is 1. The average Bonchev–Trinajstić information content (AvgIpc) is 3.08. The topological polar surface area (TPSA) is 105 Å². The van der Waals surface area contributed by atoms with Gasteiger partial charge < -0.3 is 24.9 Å². The molecule has 0 spiro atoms. The van der Waals surface area contributed by atoms with Gasteiger partial charge in [0, 0.05) is 12.6 Å². The van der Waals surface area contributed by atoms with Crippen molar-refractivity contribution in [2.24, 2.45) is 0 Å². The van der Waals surface area contributed by atoms with E-state index in [9.17, 15) is 5.11 Å². The Hall–Kier alpha value is -2.87. The largest absolute Gasteiger partial charge is 0.497 e. The Labute approximate surface area is 132 Å².